The number of hydrogen-bond donors (Lipinski definition) is 1. The topological polar surface area (TPSA) is 72.5 Å². The molecule has 0 amide bonds. The summed E-state index contributed by atoms with van der Waals surface area (Å²) in [4.78, 5) is 38.6. The molecule has 5 nitrogen and oxygen atoms in total. The van der Waals surface area contributed by atoms with E-state index in [2.05, 4.69) is 12.2 Å². The number of nitrogens with one attached hydrogen (secondary N) is 1. The van der Waals surface area contributed by atoms with Gasteiger partial charge in [0.05, 0.1) is 0 Å². The van der Waals surface area contributed by atoms with E-state index >= 15 is 0 Å². The first-order valence-corrected chi connectivity index (χ1v) is 10.5. The smallest absolute Gasteiger partial charge is 0.317 e. The van der Waals surface area contributed by atoms with Crippen molar-refractivity contribution in [3.8, 4) is 0 Å². The Morgan fingerprint density at radius 2 is 2.04 bits per heavy atom. The summed E-state index contributed by atoms with van der Waals surface area (Å²) in [5, 5.41) is 3.22. The van der Waals surface area contributed by atoms with Crippen molar-refractivity contribution in [3.63, 3.8) is 0 Å². The van der Waals surface area contributed by atoms with Gasteiger partial charge in [0.2, 0.25) is 5.78 Å². The zero-order chi connectivity index (χ0) is 20.3. The Labute approximate surface area is 167 Å². The molecule has 0 aromatic rings. The van der Waals surface area contributed by atoms with Crippen LogP contribution in [0, 0.1) is 11.8 Å². The van der Waals surface area contributed by atoms with Crippen molar-refractivity contribution >= 4 is 17.5 Å². The van der Waals surface area contributed by atoms with Gasteiger partial charge in [-0.15, -0.1) is 0 Å². The Hall–Kier alpha value is -2.17. The number of unbranched alkanes of at least 4 members (excludes halogenated alkanes) is 4. The van der Waals surface area contributed by atoms with Crippen LogP contribution in [0.2, 0.25) is 0 Å². The summed E-state index contributed by atoms with van der Waals surface area (Å²) >= 11 is 0. The van der Waals surface area contributed by atoms with Crippen LogP contribution in [-0.4, -0.2) is 29.7 Å². The SMILES string of the molecule is C/C=C/C1=CC2=C(CN1)C(=O)[C@]1(C)OC(=O)[C@H](C(=O)CCCCCCC)C1C2. The number of carbonyl (C=O) groups excluding carboxylic acids is 3. The van der Waals surface area contributed by atoms with Gasteiger partial charge >= 0.3 is 5.97 Å². The molecular weight excluding hydrogens is 354 g/mol. The maximum Gasteiger partial charge on any atom is 0.317 e. The Morgan fingerprint density at radius 1 is 1.29 bits per heavy atom. The third-order valence-electron chi connectivity index (χ3n) is 6.25. The molecule has 28 heavy (non-hydrogen) atoms. The van der Waals surface area contributed by atoms with E-state index in [4.69, 9.17) is 4.74 Å². The minimum absolute atomic E-state index is 0.0707. The normalized spacial score (nSPS) is 29.3. The van der Waals surface area contributed by atoms with Crippen molar-refractivity contribution in [1.29, 1.82) is 0 Å². The lowest BCUT2D eigenvalue weighted by molar-refractivity contribution is -0.157. The maximum atomic E-state index is 13.1. The highest BCUT2D eigenvalue weighted by Crippen LogP contribution is 2.48. The first kappa shape index (κ1) is 20.6. The molecular formula is C23H31NO4. The van der Waals surface area contributed by atoms with E-state index in [1.165, 1.54) is 6.42 Å². The van der Waals surface area contributed by atoms with Gasteiger partial charge in [0.1, 0.15) is 11.7 Å². The second kappa shape index (κ2) is 8.46. The molecule has 1 N–H and O–H groups in total. The quantitative estimate of drug-likeness (QED) is 0.391. The van der Waals surface area contributed by atoms with Gasteiger partial charge in [-0.25, -0.2) is 0 Å². The van der Waals surface area contributed by atoms with Gasteiger partial charge < -0.3 is 10.1 Å². The van der Waals surface area contributed by atoms with Crippen LogP contribution in [0.25, 0.3) is 0 Å². The van der Waals surface area contributed by atoms with Crippen molar-refractivity contribution in [1.82, 2.24) is 5.32 Å². The molecule has 0 saturated carbocycles. The van der Waals surface area contributed by atoms with Crippen LogP contribution in [0.4, 0.5) is 0 Å². The maximum absolute atomic E-state index is 13.1. The van der Waals surface area contributed by atoms with E-state index in [1.54, 1.807) is 6.92 Å². The van der Waals surface area contributed by atoms with E-state index in [0.717, 1.165) is 37.0 Å². The zero-order valence-corrected chi connectivity index (χ0v) is 17.2. The molecule has 0 aromatic heterocycles. The molecule has 0 spiro atoms. The number of ether oxygens (including phenoxy) is 1. The van der Waals surface area contributed by atoms with Gasteiger partial charge in [-0.2, -0.15) is 0 Å². The van der Waals surface area contributed by atoms with Gasteiger partial charge in [0.15, 0.2) is 5.60 Å². The summed E-state index contributed by atoms with van der Waals surface area (Å²) in [6.45, 7) is 6.20. The average molecular weight is 386 g/mol. The van der Waals surface area contributed by atoms with Crippen LogP contribution in [0.5, 0.6) is 0 Å². The monoisotopic (exact) mass is 385 g/mol. The molecule has 152 valence electrons. The van der Waals surface area contributed by atoms with Crippen LogP contribution in [0.15, 0.2) is 35.1 Å². The number of hydrogen-bond acceptors (Lipinski definition) is 5. The second-order valence-electron chi connectivity index (χ2n) is 8.23. The van der Waals surface area contributed by atoms with E-state index in [9.17, 15) is 14.4 Å². The third-order valence-corrected chi connectivity index (χ3v) is 6.25. The van der Waals surface area contributed by atoms with E-state index in [1.807, 2.05) is 25.2 Å². The molecule has 3 atom stereocenters. The number of allylic oxidation sites excluding steroid dienone is 4. The van der Waals surface area contributed by atoms with Crippen molar-refractivity contribution in [2.75, 3.05) is 6.54 Å². The number of rotatable bonds is 8. The first-order chi connectivity index (χ1) is 13.4. The lowest BCUT2D eigenvalue weighted by Gasteiger charge is -2.37. The Morgan fingerprint density at radius 3 is 2.75 bits per heavy atom. The van der Waals surface area contributed by atoms with Crippen molar-refractivity contribution in [2.45, 2.75) is 71.3 Å². The van der Waals surface area contributed by atoms with Crippen LogP contribution in [0.1, 0.15) is 65.7 Å². The highest BCUT2D eigenvalue weighted by Gasteiger charge is 2.61. The zero-order valence-electron chi connectivity index (χ0n) is 17.2. The van der Waals surface area contributed by atoms with Gasteiger partial charge in [-0.3, -0.25) is 14.4 Å². The molecule has 0 aromatic carbocycles. The molecule has 2 heterocycles. The molecule has 1 fully saturated rings. The van der Waals surface area contributed by atoms with Gasteiger partial charge in [-0.05, 0) is 44.4 Å². The van der Waals surface area contributed by atoms with Crippen molar-refractivity contribution in [3.05, 3.63) is 35.1 Å². The summed E-state index contributed by atoms with van der Waals surface area (Å²) < 4.78 is 5.56. The molecule has 1 aliphatic carbocycles. The number of esters is 1. The largest absolute Gasteiger partial charge is 0.450 e. The van der Waals surface area contributed by atoms with Crippen LogP contribution >= 0.6 is 0 Å². The van der Waals surface area contributed by atoms with E-state index in [-0.39, 0.29) is 11.6 Å². The van der Waals surface area contributed by atoms with Crippen LogP contribution in [0.3, 0.4) is 0 Å². The van der Waals surface area contributed by atoms with Crippen molar-refractivity contribution in [2.24, 2.45) is 11.8 Å². The molecule has 0 bridgehead atoms. The van der Waals surface area contributed by atoms with E-state index in [0.29, 0.717) is 25.0 Å². The number of ketones is 2. The Kier molecular flexibility index (Phi) is 6.21. The number of carbonyl (C=O) groups is 3. The summed E-state index contributed by atoms with van der Waals surface area (Å²) in [7, 11) is 0. The minimum atomic E-state index is -1.22. The van der Waals surface area contributed by atoms with E-state index < -0.39 is 23.4 Å². The average Bonchev–Trinajstić information content (AvgIpc) is 2.92. The number of fused-ring (bicyclic) bond motifs is 1. The summed E-state index contributed by atoms with van der Waals surface area (Å²) in [5.74, 6) is -1.98. The summed E-state index contributed by atoms with van der Waals surface area (Å²) in [6, 6.07) is 0. The molecule has 3 aliphatic rings. The highest BCUT2D eigenvalue weighted by molar-refractivity contribution is 6.10. The predicted octanol–water partition coefficient (Wildman–Crippen LogP) is 3.80. The first-order valence-electron chi connectivity index (χ1n) is 10.5. The number of dihydropyridines is 1. The lowest BCUT2D eigenvalue weighted by atomic mass is 9.67. The molecule has 2 aliphatic heterocycles. The molecule has 0 radical (unpaired) electrons. The predicted molar refractivity (Wildman–Crippen MR) is 107 cm³/mol. The summed E-state index contributed by atoms with van der Waals surface area (Å²) in [5.41, 5.74) is 1.33. The fourth-order valence-electron chi connectivity index (χ4n) is 4.63. The fourth-order valence-corrected chi connectivity index (χ4v) is 4.63. The van der Waals surface area contributed by atoms with Crippen LogP contribution < -0.4 is 5.32 Å². The van der Waals surface area contributed by atoms with Crippen LogP contribution in [-0.2, 0) is 19.1 Å². The Bertz CT molecular complexity index is 761. The molecule has 1 unspecified atom stereocenters. The van der Waals surface area contributed by atoms with Gasteiger partial charge in [0, 0.05) is 30.2 Å². The highest BCUT2D eigenvalue weighted by atomic mass is 16.6. The second-order valence-corrected chi connectivity index (χ2v) is 8.23. The van der Waals surface area contributed by atoms with Crippen molar-refractivity contribution < 1.29 is 19.1 Å². The Balaban J connectivity index is 1.78. The standard InChI is InChI=1S/C23H31NO4/c1-4-6-7-8-9-11-19(25)20-18-13-15-12-16(10-5-2)24-14-17(15)21(26)23(18,3)28-22(20)27/h5,10,12,18,20,24H,4,6-9,11,13-14H2,1-3H3/b10-5+/t18?,20-,23+/m0/s1. The third kappa shape index (κ3) is 3.71. The minimum Gasteiger partial charge on any atom is -0.450 e. The van der Waals surface area contributed by atoms with Gasteiger partial charge in [-0.1, -0.05) is 38.7 Å². The molecule has 3 rings (SSSR count). The lowest BCUT2D eigenvalue weighted by Crippen LogP contribution is -2.49. The summed E-state index contributed by atoms with van der Waals surface area (Å²) in [6.07, 6.45) is 12.0. The fraction of sp³-hybridized carbons (Fsp3) is 0.609. The number of Topliss-reactive ketones (excluding diaryl/α,β-unsaturated/α-hetero) is 2. The van der Waals surface area contributed by atoms with Gasteiger partial charge in [0.25, 0.3) is 0 Å². The molecule has 1 saturated heterocycles. The molecule has 5 heteroatoms.